The average Bonchev–Trinajstić information content (AvgIpc) is 2.45. The minimum Gasteiger partial charge on any atom is -0.383 e. The third-order valence-electron chi connectivity index (χ3n) is 3.64. The lowest BCUT2D eigenvalue weighted by Gasteiger charge is -2.35. The van der Waals surface area contributed by atoms with E-state index in [-0.39, 0.29) is 5.54 Å². The lowest BCUT2D eigenvalue weighted by molar-refractivity contribution is 0.513. The number of rotatable bonds is 3. The molecule has 4 heteroatoms. The van der Waals surface area contributed by atoms with Gasteiger partial charge in [-0.05, 0) is 44.9 Å². The third kappa shape index (κ3) is 3.12. The monoisotopic (exact) mass is 296 g/mol. The van der Waals surface area contributed by atoms with Gasteiger partial charge in [-0.3, -0.25) is 0 Å². The van der Waals surface area contributed by atoms with Gasteiger partial charge in [-0.15, -0.1) is 0 Å². The molecular weight excluding hydrogens is 272 g/mol. The van der Waals surface area contributed by atoms with Gasteiger partial charge in [0, 0.05) is 17.3 Å². The van der Waals surface area contributed by atoms with Gasteiger partial charge in [0.05, 0.1) is 5.69 Å². The Kier molecular flexibility index (Phi) is 4.24. The van der Waals surface area contributed by atoms with E-state index in [0.717, 1.165) is 22.4 Å². The highest BCUT2D eigenvalue weighted by molar-refractivity contribution is 5.90. The molecule has 0 bridgehead atoms. The van der Waals surface area contributed by atoms with Gasteiger partial charge in [0.1, 0.15) is 5.82 Å². The Morgan fingerprint density at radius 3 is 2.27 bits per heavy atom. The van der Waals surface area contributed by atoms with Gasteiger partial charge in [0.15, 0.2) is 0 Å². The van der Waals surface area contributed by atoms with Crippen molar-refractivity contribution in [2.45, 2.75) is 33.2 Å². The van der Waals surface area contributed by atoms with E-state index in [4.69, 9.17) is 11.6 Å². The smallest absolute Gasteiger partial charge is 0.133 e. The molecule has 0 unspecified atom stereocenters. The van der Waals surface area contributed by atoms with Gasteiger partial charge in [-0.25, -0.2) is 10.8 Å². The summed E-state index contributed by atoms with van der Waals surface area (Å²) < 4.78 is 0. The van der Waals surface area contributed by atoms with Crippen molar-refractivity contribution >= 4 is 17.1 Å². The van der Waals surface area contributed by atoms with E-state index in [2.05, 4.69) is 30.6 Å². The largest absolute Gasteiger partial charge is 0.383 e. The van der Waals surface area contributed by atoms with E-state index < -0.39 is 0 Å². The highest BCUT2D eigenvalue weighted by Crippen LogP contribution is 2.35. The molecule has 4 N–H and O–H groups in total. The molecule has 22 heavy (non-hydrogen) atoms. The number of aromatic nitrogens is 1. The molecule has 1 heterocycles. The highest BCUT2D eigenvalue weighted by Gasteiger charge is 2.23. The number of aryl methyl sites for hydroxylation is 1. The quantitative estimate of drug-likeness (QED) is 0.672. The fourth-order valence-corrected chi connectivity index (χ4v) is 2.24. The van der Waals surface area contributed by atoms with E-state index in [1.165, 1.54) is 5.56 Å². The molecule has 2 aromatic rings. The van der Waals surface area contributed by atoms with Crippen LogP contribution in [0.2, 0.25) is 0 Å². The summed E-state index contributed by atoms with van der Waals surface area (Å²) in [4.78, 5) is 4.20. The van der Waals surface area contributed by atoms with E-state index in [1.54, 1.807) is 11.2 Å². The first-order valence-corrected chi connectivity index (χ1v) is 7.27. The van der Waals surface area contributed by atoms with Crippen LogP contribution >= 0.6 is 0 Å². The van der Waals surface area contributed by atoms with Crippen LogP contribution in [0, 0.1) is 6.92 Å². The van der Waals surface area contributed by atoms with Gasteiger partial charge in [-0.1, -0.05) is 36.4 Å². The maximum Gasteiger partial charge on any atom is 0.133 e. The number of nitrogens with zero attached hydrogens (tertiary/aromatic N) is 2. The first-order chi connectivity index (χ1) is 10.2. The summed E-state index contributed by atoms with van der Waals surface area (Å²) in [5, 5.41) is 1.71. The van der Waals surface area contributed by atoms with Crippen LogP contribution in [0.25, 0.3) is 5.57 Å². The Morgan fingerprint density at radius 2 is 1.73 bits per heavy atom. The Bertz CT molecular complexity index is 681. The van der Waals surface area contributed by atoms with Crippen molar-refractivity contribution in [2.75, 3.05) is 10.7 Å². The molecule has 0 amide bonds. The van der Waals surface area contributed by atoms with E-state index in [0.29, 0.717) is 5.82 Å². The van der Waals surface area contributed by atoms with Crippen molar-refractivity contribution in [3.8, 4) is 0 Å². The molecule has 0 saturated heterocycles. The number of benzene rings is 1. The van der Waals surface area contributed by atoms with Crippen LogP contribution in [0.5, 0.6) is 0 Å². The number of hydrogen-bond donors (Lipinski definition) is 2. The van der Waals surface area contributed by atoms with E-state index >= 15 is 0 Å². The first-order valence-electron chi connectivity index (χ1n) is 7.27. The van der Waals surface area contributed by atoms with Crippen molar-refractivity contribution < 1.29 is 0 Å². The molecule has 0 spiro atoms. The average molecular weight is 296 g/mol. The number of nitrogens with two attached hydrogens (primary N) is 2. The van der Waals surface area contributed by atoms with Gasteiger partial charge >= 0.3 is 0 Å². The summed E-state index contributed by atoms with van der Waals surface area (Å²) in [7, 11) is 0. The van der Waals surface area contributed by atoms with Crippen LogP contribution in [0.3, 0.4) is 0 Å². The lowest BCUT2D eigenvalue weighted by Crippen LogP contribution is -2.47. The minimum atomic E-state index is -0.240. The van der Waals surface area contributed by atoms with Crippen molar-refractivity contribution in [1.29, 1.82) is 0 Å². The second-order valence-electron chi connectivity index (χ2n) is 6.48. The Morgan fingerprint density at radius 1 is 1.14 bits per heavy atom. The SMILES string of the molecule is C=C(c1ccc(C)cc1)c1c(N(N)C(C)(C)C)ccnc1N. The van der Waals surface area contributed by atoms with Crippen LogP contribution in [-0.4, -0.2) is 10.5 Å². The molecule has 2 rings (SSSR count). The zero-order valence-electron chi connectivity index (χ0n) is 13.7. The van der Waals surface area contributed by atoms with Crippen LogP contribution in [0.15, 0.2) is 43.1 Å². The fraction of sp³-hybridized carbons (Fsp3) is 0.278. The maximum atomic E-state index is 6.29. The molecule has 1 aromatic heterocycles. The van der Waals surface area contributed by atoms with Crippen molar-refractivity contribution in [2.24, 2.45) is 5.84 Å². The summed E-state index contributed by atoms with van der Waals surface area (Å²) in [5.41, 5.74) is 10.5. The Hall–Kier alpha value is -2.33. The summed E-state index contributed by atoms with van der Waals surface area (Å²) in [6.07, 6.45) is 1.67. The Labute approximate surface area is 132 Å². The fourth-order valence-electron chi connectivity index (χ4n) is 2.24. The molecule has 0 atom stereocenters. The summed E-state index contributed by atoms with van der Waals surface area (Å²) in [6, 6.07) is 10.0. The number of anilines is 2. The van der Waals surface area contributed by atoms with Crippen molar-refractivity contribution in [1.82, 2.24) is 4.98 Å². The molecule has 1 aromatic carbocycles. The predicted molar refractivity (Wildman–Crippen MR) is 94.4 cm³/mol. The van der Waals surface area contributed by atoms with E-state index in [1.807, 2.05) is 39.0 Å². The summed E-state index contributed by atoms with van der Waals surface area (Å²) >= 11 is 0. The zero-order valence-corrected chi connectivity index (χ0v) is 13.7. The van der Waals surface area contributed by atoms with Crippen LogP contribution < -0.4 is 16.6 Å². The molecule has 0 fully saturated rings. The topological polar surface area (TPSA) is 68.2 Å². The molecule has 0 radical (unpaired) electrons. The number of hydrazine groups is 1. The normalized spacial score (nSPS) is 11.3. The van der Waals surface area contributed by atoms with Crippen molar-refractivity contribution in [3.63, 3.8) is 0 Å². The molecule has 116 valence electrons. The molecular formula is C18H24N4. The van der Waals surface area contributed by atoms with Crippen LogP contribution in [-0.2, 0) is 0 Å². The number of pyridine rings is 1. The predicted octanol–water partition coefficient (Wildman–Crippen LogP) is 3.51. The van der Waals surface area contributed by atoms with Gasteiger partial charge < -0.3 is 10.7 Å². The highest BCUT2D eigenvalue weighted by atomic mass is 15.4. The first kappa shape index (κ1) is 16.0. The summed E-state index contributed by atoms with van der Waals surface area (Å²) in [5.74, 6) is 6.72. The van der Waals surface area contributed by atoms with Crippen LogP contribution in [0.4, 0.5) is 11.5 Å². The standard InChI is InChI=1S/C18H24N4/c1-12-6-8-14(9-7-12)13(2)16-15(10-11-21-17(16)19)22(20)18(3,4)5/h6-11H,2,20H2,1,3-5H3,(H2,19,21). The summed E-state index contributed by atoms with van der Waals surface area (Å²) in [6.45, 7) is 12.4. The number of nitrogen functional groups attached to an aromatic ring is 1. The van der Waals surface area contributed by atoms with Crippen LogP contribution in [0.1, 0.15) is 37.5 Å². The van der Waals surface area contributed by atoms with Gasteiger partial charge in [0.2, 0.25) is 0 Å². The molecule has 0 aliphatic rings. The van der Waals surface area contributed by atoms with Gasteiger partial charge in [-0.2, -0.15) is 0 Å². The molecule has 4 nitrogen and oxygen atoms in total. The number of hydrogen-bond acceptors (Lipinski definition) is 4. The lowest BCUT2D eigenvalue weighted by atomic mass is 9.96. The van der Waals surface area contributed by atoms with E-state index in [9.17, 15) is 0 Å². The zero-order chi connectivity index (χ0) is 16.5. The molecule has 0 saturated carbocycles. The van der Waals surface area contributed by atoms with Gasteiger partial charge in [0.25, 0.3) is 0 Å². The van der Waals surface area contributed by atoms with Crippen molar-refractivity contribution in [3.05, 3.63) is 59.8 Å². The molecule has 0 aliphatic carbocycles. The Balaban J connectivity index is 2.55. The maximum absolute atomic E-state index is 6.29. The second-order valence-corrected chi connectivity index (χ2v) is 6.48. The molecule has 0 aliphatic heterocycles. The second kappa shape index (κ2) is 5.81. The minimum absolute atomic E-state index is 0.240. The third-order valence-corrected chi connectivity index (χ3v) is 3.64.